The minimum Gasteiger partial charge on any atom is -0.397 e. The van der Waals surface area contributed by atoms with Crippen LogP contribution in [0.4, 0.5) is 5.69 Å². The fourth-order valence-electron chi connectivity index (χ4n) is 6.87. The number of nitrogens with two attached hydrogens (primary N) is 1. The number of fused-ring (bicyclic) bond motifs is 1. The predicted octanol–water partition coefficient (Wildman–Crippen LogP) is 6.91. The molecule has 5 heteroatoms. The molecule has 4 saturated carbocycles. The number of hydrogen-bond donors (Lipinski definition) is 1. The molecule has 0 spiro atoms. The van der Waals surface area contributed by atoms with Crippen LogP contribution in [0.15, 0.2) is 30.3 Å². The smallest absolute Gasteiger partial charge is 0.187 e. The molecule has 4 aliphatic rings. The van der Waals surface area contributed by atoms with Crippen molar-refractivity contribution in [1.29, 1.82) is 0 Å². The predicted molar refractivity (Wildman–Crippen MR) is 124 cm³/mol. The largest absolute Gasteiger partial charge is 0.397 e. The maximum absolute atomic E-state index is 14.0. The van der Waals surface area contributed by atoms with Crippen molar-refractivity contribution in [2.75, 3.05) is 5.73 Å². The fourth-order valence-corrected chi connectivity index (χ4v) is 7.96. The molecule has 2 heterocycles. The van der Waals surface area contributed by atoms with Gasteiger partial charge in [0, 0.05) is 20.7 Å². The molecule has 0 radical (unpaired) electrons. The van der Waals surface area contributed by atoms with Crippen LogP contribution in [-0.2, 0) is 0 Å². The highest BCUT2D eigenvalue weighted by Crippen LogP contribution is 2.61. The molecule has 30 heavy (non-hydrogen) atoms. The Labute approximate surface area is 185 Å². The van der Waals surface area contributed by atoms with Crippen LogP contribution in [0.3, 0.4) is 0 Å². The van der Waals surface area contributed by atoms with Crippen molar-refractivity contribution in [3.05, 3.63) is 45.9 Å². The van der Waals surface area contributed by atoms with Gasteiger partial charge in [0.1, 0.15) is 10.5 Å². The zero-order chi connectivity index (χ0) is 20.6. The number of pyridine rings is 1. The van der Waals surface area contributed by atoms with Gasteiger partial charge in [-0.3, -0.25) is 4.79 Å². The second kappa shape index (κ2) is 6.54. The summed E-state index contributed by atoms with van der Waals surface area (Å²) in [5.74, 6) is 2.47. The molecule has 4 fully saturated rings. The molecule has 3 nitrogen and oxygen atoms in total. The lowest BCUT2D eigenvalue weighted by atomic mass is 9.48. The first-order chi connectivity index (χ1) is 14.4. The van der Waals surface area contributed by atoms with Crippen molar-refractivity contribution in [2.24, 2.45) is 23.2 Å². The van der Waals surface area contributed by atoms with E-state index in [9.17, 15) is 4.79 Å². The van der Waals surface area contributed by atoms with Crippen molar-refractivity contribution < 1.29 is 4.79 Å². The normalized spacial score (nSPS) is 29.6. The van der Waals surface area contributed by atoms with Gasteiger partial charge in [-0.1, -0.05) is 23.7 Å². The number of benzene rings is 1. The van der Waals surface area contributed by atoms with E-state index in [2.05, 4.69) is 0 Å². The Balaban J connectivity index is 1.51. The summed E-state index contributed by atoms with van der Waals surface area (Å²) >= 11 is 7.71. The molecule has 154 valence electrons. The molecular weight excluding hydrogens is 412 g/mol. The third-order valence-electron chi connectivity index (χ3n) is 7.79. The second-order valence-corrected chi connectivity index (χ2v) is 11.5. The minimum atomic E-state index is -0.190. The minimum absolute atomic E-state index is 0.190. The first kappa shape index (κ1) is 18.8. The quantitative estimate of drug-likeness (QED) is 0.454. The lowest BCUT2D eigenvalue weighted by Crippen LogP contribution is -2.50. The first-order valence-corrected chi connectivity index (χ1v) is 12.1. The van der Waals surface area contributed by atoms with Crippen molar-refractivity contribution >= 4 is 44.6 Å². The molecule has 3 aromatic rings. The molecule has 4 bridgehead atoms. The Hall–Kier alpha value is -1.91. The number of hydrogen-bond acceptors (Lipinski definition) is 4. The second-order valence-electron chi connectivity index (χ2n) is 9.84. The number of nitrogen functional groups attached to an aromatic ring is 1. The summed E-state index contributed by atoms with van der Waals surface area (Å²) in [4.78, 5) is 20.8. The van der Waals surface area contributed by atoms with Gasteiger partial charge in [-0.2, -0.15) is 0 Å². The maximum Gasteiger partial charge on any atom is 0.187 e. The van der Waals surface area contributed by atoms with Crippen LogP contribution in [-0.4, -0.2) is 10.8 Å². The van der Waals surface area contributed by atoms with Crippen LogP contribution in [0, 0.1) is 30.1 Å². The van der Waals surface area contributed by atoms with Crippen LogP contribution in [0.25, 0.3) is 21.3 Å². The number of nitrogens with zero attached hydrogens (tertiary/aromatic N) is 1. The summed E-state index contributed by atoms with van der Waals surface area (Å²) < 4.78 is 0. The van der Waals surface area contributed by atoms with Gasteiger partial charge in [0.2, 0.25) is 0 Å². The lowest BCUT2D eigenvalue weighted by Gasteiger charge is -2.55. The molecule has 1 aromatic carbocycles. The van der Waals surface area contributed by atoms with Gasteiger partial charge in [0.25, 0.3) is 0 Å². The highest BCUT2D eigenvalue weighted by molar-refractivity contribution is 7.19. The molecule has 0 saturated heterocycles. The van der Waals surface area contributed by atoms with Gasteiger partial charge < -0.3 is 5.73 Å². The Bertz CT molecular complexity index is 1140. The molecule has 2 aromatic heterocycles. The van der Waals surface area contributed by atoms with Gasteiger partial charge in [-0.15, -0.1) is 11.3 Å². The first-order valence-electron chi connectivity index (χ1n) is 10.9. The van der Waals surface area contributed by atoms with E-state index < -0.39 is 0 Å². The van der Waals surface area contributed by atoms with Crippen molar-refractivity contribution in [3.8, 4) is 11.1 Å². The molecular formula is C25H25ClN2OS. The molecule has 0 aliphatic heterocycles. The highest BCUT2D eigenvalue weighted by Gasteiger charge is 2.54. The molecule has 0 atom stereocenters. The topological polar surface area (TPSA) is 56.0 Å². The van der Waals surface area contributed by atoms with Gasteiger partial charge in [0.15, 0.2) is 5.78 Å². The van der Waals surface area contributed by atoms with Crippen LogP contribution in [0.2, 0.25) is 5.02 Å². The number of ketones is 1. The number of Topliss-reactive ketones (excluding diaryl/α,β-unsaturated/α-hetero) is 1. The number of aromatic nitrogens is 1. The number of carbonyl (C=O) groups excluding carboxylic acids is 1. The molecule has 0 unspecified atom stereocenters. The van der Waals surface area contributed by atoms with Gasteiger partial charge in [-0.05, 0) is 92.5 Å². The molecule has 0 amide bonds. The standard InChI is InChI=1S/C25H25ClN2OS/c1-13-22(27)21-19(17-2-4-18(26)5-3-17)9-20(28-24(21)30-13)23(29)25-10-14-6-15(11-25)8-16(7-14)12-25/h2-5,9,14-16H,6-8,10-12,27H2,1H3. The Morgan fingerprint density at radius 1 is 1.10 bits per heavy atom. The summed E-state index contributed by atoms with van der Waals surface area (Å²) in [5, 5.41) is 1.66. The van der Waals surface area contributed by atoms with E-state index in [4.69, 9.17) is 22.3 Å². The lowest BCUT2D eigenvalue weighted by molar-refractivity contribution is -0.0355. The number of thiophene rings is 1. The zero-order valence-electron chi connectivity index (χ0n) is 17.1. The van der Waals surface area contributed by atoms with E-state index in [1.54, 1.807) is 11.3 Å². The third kappa shape index (κ3) is 2.76. The summed E-state index contributed by atoms with van der Waals surface area (Å²) in [7, 11) is 0. The van der Waals surface area contributed by atoms with E-state index in [0.717, 1.165) is 68.9 Å². The monoisotopic (exact) mass is 436 g/mol. The van der Waals surface area contributed by atoms with E-state index in [1.165, 1.54) is 19.3 Å². The van der Waals surface area contributed by atoms with Crippen LogP contribution in [0.1, 0.15) is 53.9 Å². The van der Waals surface area contributed by atoms with Crippen LogP contribution >= 0.6 is 22.9 Å². The SMILES string of the molecule is Cc1sc2nc(C(=O)C34CC5CC(CC(C5)C3)C4)cc(-c3ccc(Cl)cc3)c2c1N. The van der Waals surface area contributed by atoms with E-state index >= 15 is 0 Å². The average Bonchev–Trinajstić information content (AvgIpc) is 3.00. The number of carbonyl (C=O) groups is 1. The fraction of sp³-hybridized carbons (Fsp3) is 0.440. The van der Waals surface area contributed by atoms with Gasteiger partial charge in [0.05, 0.1) is 5.69 Å². The summed E-state index contributed by atoms with van der Waals surface area (Å²) in [6.45, 7) is 2.02. The number of anilines is 1. The summed E-state index contributed by atoms with van der Waals surface area (Å²) in [6.07, 6.45) is 7.15. The third-order valence-corrected chi connectivity index (χ3v) is 9.06. The highest BCUT2D eigenvalue weighted by atomic mass is 35.5. The zero-order valence-corrected chi connectivity index (χ0v) is 18.7. The van der Waals surface area contributed by atoms with E-state index in [1.807, 2.05) is 37.3 Å². The van der Waals surface area contributed by atoms with Crippen LogP contribution < -0.4 is 5.73 Å². The molecule has 4 aliphatic carbocycles. The molecule has 7 rings (SSSR count). The Morgan fingerprint density at radius 3 is 2.30 bits per heavy atom. The Morgan fingerprint density at radius 2 is 1.70 bits per heavy atom. The summed E-state index contributed by atoms with van der Waals surface area (Å²) in [5.41, 5.74) is 9.65. The molecule has 2 N–H and O–H groups in total. The number of rotatable bonds is 3. The van der Waals surface area contributed by atoms with E-state index in [0.29, 0.717) is 10.7 Å². The number of aryl methyl sites for hydroxylation is 1. The summed E-state index contributed by atoms with van der Waals surface area (Å²) in [6, 6.07) is 9.78. The van der Waals surface area contributed by atoms with Crippen molar-refractivity contribution in [1.82, 2.24) is 4.98 Å². The van der Waals surface area contributed by atoms with Crippen molar-refractivity contribution in [2.45, 2.75) is 45.4 Å². The van der Waals surface area contributed by atoms with Gasteiger partial charge >= 0.3 is 0 Å². The average molecular weight is 437 g/mol. The number of halogens is 1. The van der Waals surface area contributed by atoms with Crippen LogP contribution in [0.5, 0.6) is 0 Å². The maximum atomic E-state index is 14.0. The van der Waals surface area contributed by atoms with Crippen molar-refractivity contribution in [3.63, 3.8) is 0 Å². The van der Waals surface area contributed by atoms with E-state index in [-0.39, 0.29) is 11.2 Å². The Kier molecular flexibility index (Phi) is 4.11. The van der Waals surface area contributed by atoms with Gasteiger partial charge in [-0.25, -0.2) is 4.98 Å².